The van der Waals surface area contributed by atoms with Crippen LogP contribution in [0.25, 0.3) is 5.57 Å². The number of allylic oxidation sites excluding steroid dienone is 2. The summed E-state index contributed by atoms with van der Waals surface area (Å²) in [6, 6.07) is 16.6. The van der Waals surface area contributed by atoms with Crippen molar-refractivity contribution < 1.29 is 14.6 Å². The van der Waals surface area contributed by atoms with E-state index in [1.165, 1.54) is 23.8 Å². The fourth-order valence-corrected chi connectivity index (χ4v) is 5.02. The highest BCUT2D eigenvalue weighted by Gasteiger charge is 2.46. The molecule has 3 unspecified atom stereocenters. The molecule has 27 heavy (non-hydrogen) atoms. The zero-order valence-corrected chi connectivity index (χ0v) is 15.9. The summed E-state index contributed by atoms with van der Waals surface area (Å²) < 4.78 is 4.91. The van der Waals surface area contributed by atoms with Crippen LogP contribution in [-0.4, -0.2) is 24.3 Å². The molecule has 3 atom stereocenters. The Kier molecular flexibility index (Phi) is 4.65. The van der Waals surface area contributed by atoms with Gasteiger partial charge in [-0.05, 0) is 72.9 Å². The van der Waals surface area contributed by atoms with Crippen molar-refractivity contribution in [1.29, 1.82) is 0 Å². The molecule has 1 saturated carbocycles. The molecule has 2 aliphatic carbocycles. The average molecular weight is 362 g/mol. The number of hydrogen-bond acceptors (Lipinski definition) is 3. The Labute approximate surface area is 160 Å². The number of esters is 1. The second kappa shape index (κ2) is 6.97. The number of aliphatic hydroxyl groups excluding tert-OH is 1. The summed E-state index contributed by atoms with van der Waals surface area (Å²) in [5, 5.41) is 10.3. The summed E-state index contributed by atoms with van der Waals surface area (Å²) in [4.78, 5) is 12.0. The van der Waals surface area contributed by atoms with Crippen molar-refractivity contribution in [3.8, 4) is 0 Å². The molecule has 0 saturated heterocycles. The third-order valence-corrected chi connectivity index (χ3v) is 6.37. The smallest absolute Gasteiger partial charge is 0.337 e. The lowest BCUT2D eigenvalue weighted by molar-refractivity contribution is 0.0600. The lowest BCUT2D eigenvalue weighted by atomic mass is 9.55. The first-order valence-electron chi connectivity index (χ1n) is 9.67. The van der Waals surface area contributed by atoms with E-state index in [1.54, 1.807) is 0 Å². The summed E-state index contributed by atoms with van der Waals surface area (Å²) in [7, 11) is 1.42. The zero-order valence-electron chi connectivity index (χ0n) is 15.9. The molecule has 1 fully saturated rings. The fourth-order valence-electron chi connectivity index (χ4n) is 5.02. The molecule has 3 nitrogen and oxygen atoms in total. The van der Waals surface area contributed by atoms with Crippen LogP contribution in [0.15, 0.2) is 54.6 Å². The largest absolute Gasteiger partial charge is 0.465 e. The Balaban J connectivity index is 1.85. The molecule has 2 aliphatic rings. The number of carbonyl (C=O) groups excluding carboxylic acids is 1. The van der Waals surface area contributed by atoms with Gasteiger partial charge < -0.3 is 9.84 Å². The molecule has 0 spiro atoms. The topological polar surface area (TPSA) is 46.5 Å². The Morgan fingerprint density at radius 3 is 2.74 bits per heavy atom. The van der Waals surface area contributed by atoms with Gasteiger partial charge in [0, 0.05) is 5.41 Å². The van der Waals surface area contributed by atoms with E-state index in [9.17, 15) is 9.90 Å². The molecule has 0 aromatic heterocycles. The van der Waals surface area contributed by atoms with Gasteiger partial charge in [-0.2, -0.15) is 0 Å². The molecule has 0 heterocycles. The number of carbonyl (C=O) groups is 1. The van der Waals surface area contributed by atoms with Gasteiger partial charge in [-0.3, -0.25) is 0 Å². The van der Waals surface area contributed by atoms with Crippen molar-refractivity contribution in [2.45, 2.75) is 44.1 Å². The van der Waals surface area contributed by atoms with Crippen LogP contribution >= 0.6 is 0 Å². The first-order chi connectivity index (χ1) is 13.0. The lowest BCUT2D eigenvalue weighted by Gasteiger charge is -2.49. The SMILES string of the molecule is COC(=O)c1ccc2c(c1)C(C)=CC1CC(O)CCC21Cc1ccccc1. The van der Waals surface area contributed by atoms with E-state index in [0.29, 0.717) is 11.5 Å². The predicted octanol–water partition coefficient (Wildman–Crippen LogP) is 4.53. The van der Waals surface area contributed by atoms with Gasteiger partial charge in [-0.1, -0.05) is 42.5 Å². The van der Waals surface area contributed by atoms with E-state index < -0.39 is 0 Å². The van der Waals surface area contributed by atoms with E-state index in [-0.39, 0.29) is 17.5 Å². The third-order valence-electron chi connectivity index (χ3n) is 6.37. The van der Waals surface area contributed by atoms with Crippen molar-refractivity contribution in [3.05, 3.63) is 76.9 Å². The summed E-state index contributed by atoms with van der Waals surface area (Å²) in [5.74, 6) is 0.00170. The monoisotopic (exact) mass is 362 g/mol. The number of rotatable bonds is 3. The highest BCUT2D eigenvalue weighted by molar-refractivity contribution is 5.91. The minimum Gasteiger partial charge on any atom is -0.465 e. The quantitative estimate of drug-likeness (QED) is 0.816. The van der Waals surface area contributed by atoms with Gasteiger partial charge in [0.05, 0.1) is 18.8 Å². The first-order valence-corrected chi connectivity index (χ1v) is 9.67. The number of ether oxygens (including phenoxy) is 1. The maximum absolute atomic E-state index is 12.0. The number of aliphatic hydroxyl groups is 1. The summed E-state index contributed by atoms with van der Waals surface area (Å²) in [5.41, 5.74) is 5.49. The molecule has 1 N–H and O–H groups in total. The van der Waals surface area contributed by atoms with Crippen LogP contribution in [-0.2, 0) is 16.6 Å². The molecule has 0 aliphatic heterocycles. The maximum atomic E-state index is 12.0. The highest BCUT2D eigenvalue weighted by Crippen LogP contribution is 2.52. The molecular weight excluding hydrogens is 336 g/mol. The standard InChI is InChI=1S/C24H26O3/c1-16-12-19-14-20(25)10-11-24(19,15-17-6-4-3-5-7-17)22-9-8-18(13-21(16)22)23(26)27-2/h3-9,12-13,19-20,25H,10-11,14-15H2,1-2H3. The molecular formula is C24H26O3. The van der Waals surface area contributed by atoms with Gasteiger partial charge in [0.2, 0.25) is 0 Å². The molecule has 0 bridgehead atoms. The molecule has 2 aromatic rings. The van der Waals surface area contributed by atoms with Crippen LogP contribution in [0.5, 0.6) is 0 Å². The van der Waals surface area contributed by atoms with Gasteiger partial charge in [0.15, 0.2) is 0 Å². The van der Waals surface area contributed by atoms with Crippen LogP contribution < -0.4 is 0 Å². The molecule has 2 aromatic carbocycles. The van der Waals surface area contributed by atoms with Crippen LogP contribution in [0, 0.1) is 5.92 Å². The van der Waals surface area contributed by atoms with Crippen molar-refractivity contribution in [2.24, 2.45) is 5.92 Å². The molecule has 0 amide bonds. The second-order valence-corrected chi connectivity index (χ2v) is 7.95. The number of hydrogen-bond donors (Lipinski definition) is 1. The Bertz CT molecular complexity index is 884. The van der Waals surface area contributed by atoms with Gasteiger partial charge in [0.25, 0.3) is 0 Å². The lowest BCUT2D eigenvalue weighted by Crippen LogP contribution is -2.45. The van der Waals surface area contributed by atoms with Gasteiger partial charge >= 0.3 is 5.97 Å². The average Bonchev–Trinajstić information content (AvgIpc) is 2.69. The van der Waals surface area contributed by atoms with Crippen LogP contribution in [0.3, 0.4) is 0 Å². The Hall–Kier alpha value is -2.39. The summed E-state index contributed by atoms with van der Waals surface area (Å²) >= 11 is 0. The van der Waals surface area contributed by atoms with Crippen molar-refractivity contribution in [1.82, 2.24) is 0 Å². The molecule has 4 rings (SSSR count). The van der Waals surface area contributed by atoms with Gasteiger partial charge in [0.1, 0.15) is 0 Å². The second-order valence-electron chi connectivity index (χ2n) is 7.95. The van der Waals surface area contributed by atoms with Crippen LogP contribution in [0.1, 0.15) is 53.2 Å². The van der Waals surface area contributed by atoms with Crippen LogP contribution in [0.2, 0.25) is 0 Å². The van der Waals surface area contributed by atoms with E-state index in [2.05, 4.69) is 43.3 Å². The van der Waals surface area contributed by atoms with E-state index >= 15 is 0 Å². The Morgan fingerprint density at radius 2 is 2.00 bits per heavy atom. The fraction of sp³-hybridized carbons (Fsp3) is 0.375. The summed E-state index contributed by atoms with van der Waals surface area (Å²) in [6.45, 7) is 2.10. The van der Waals surface area contributed by atoms with E-state index in [1.807, 2.05) is 18.2 Å². The minimum absolute atomic E-state index is 0.0376. The molecule has 140 valence electrons. The van der Waals surface area contributed by atoms with E-state index in [4.69, 9.17) is 4.74 Å². The van der Waals surface area contributed by atoms with Crippen LogP contribution in [0.4, 0.5) is 0 Å². The van der Waals surface area contributed by atoms with Crippen molar-refractivity contribution in [3.63, 3.8) is 0 Å². The molecule has 3 heteroatoms. The maximum Gasteiger partial charge on any atom is 0.337 e. The Morgan fingerprint density at radius 1 is 1.22 bits per heavy atom. The highest BCUT2D eigenvalue weighted by atomic mass is 16.5. The normalized spacial score (nSPS) is 26.6. The zero-order chi connectivity index (χ0) is 19.0. The van der Waals surface area contributed by atoms with Crippen molar-refractivity contribution in [2.75, 3.05) is 7.11 Å². The minimum atomic E-state index is -0.302. The summed E-state index contributed by atoms with van der Waals surface area (Å²) in [6.07, 6.45) is 5.58. The van der Waals surface area contributed by atoms with Gasteiger partial charge in [-0.25, -0.2) is 4.79 Å². The van der Waals surface area contributed by atoms with Crippen molar-refractivity contribution >= 4 is 11.5 Å². The van der Waals surface area contributed by atoms with E-state index in [0.717, 1.165) is 31.2 Å². The number of fused-ring (bicyclic) bond motifs is 3. The first kappa shape index (κ1) is 18.0. The predicted molar refractivity (Wildman–Crippen MR) is 107 cm³/mol. The number of methoxy groups -OCH3 is 1. The van der Waals surface area contributed by atoms with Gasteiger partial charge in [-0.15, -0.1) is 0 Å². The molecule has 0 radical (unpaired) electrons. The third kappa shape index (κ3) is 3.10. The number of benzene rings is 2.